The van der Waals surface area contributed by atoms with Crippen molar-refractivity contribution in [2.75, 3.05) is 0 Å². The van der Waals surface area contributed by atoms with Crippen molar-refractivity contribution in [3.63, 3.8) is 0 Å². The van der Waals surface area contributed by atoms with Gasteiger partial charge in [0, 0.05) is 0 Å². The summed E-state index contributed by atoms with van der Waals surface area (Å²) >= 11 is 0. The Bertz CT molecular complexity index is 539. The normalized spacial score (nSPS) is 11.1. The van der Waals surface area contributed by atoms with Crippen molar-refractivity contribution in [2.24, 2.45) is 0 Å². The van der Waals surface area contributed by atoms with E-state index in [1.807, 2.05) is 0 Å². The van der Waals surface area contributed by atoms with Gasteiger partial charge in [-0.2, -0.15) is 0 Å². The summed E-state index contributed by atoms with van der Waals surface area (Å²) in [5.41, 5.74) is 3.02. The average Bonchev–Trinajstić information content (AvgIpc) is 2.52. The molecule has 0 nitrogen and oxygen atoms in total. The van der Waals surface area contributed by atoms with Crippen molar-refractivity contribution in [3.05, 3.63) is 47.5 Å². The zero-order valence-electron chi connectivity index (χ0n) is 13.8. The summed E-state index contributed by atoms with van der Waals surface area (Å²) in [5, 5.41) is 2.80. The van der Waals surface area contributed by atoms with Crippen LogP contribution in [0.2, 0.25) is 0 Å². The quantitative estimate of drug-likeness (QED) is 0.442. The molecule has 2 aromatic carbocycles. The van der Waals surface area contributed by atoms with Gasteiger partial charge in [-0.1, -0.05) is 88.3 Å². The molecule has 0 fully saturated rings. The number of aryl methyl sites for hydroxylation is 2. The van der Waals surface area contributed by atoms with E-state index in [0.29, 0.717) is 0 Å². The van der Waals surface area contributed by atoms with E-state index < -0.39 is 0 Å². The number of hydrogen-bond donors (Lipinski definition) is 0. The molecule has 0 saturated heterocycles. The molecule has 0 saturated carbocycles. The first-order valence-electron chi connectivity index (χ1n) is 8.80. The standard InChI is InChI=1S/C21H30/c1-3-4-5-6-7-8-9-10-13-19-16-17-20-14-11-12-15-21(20)18(19)2/h11-12,14-17H,3-10,13H2,1-2H3. The third kappa shape index (κ3) is 4.88. The lowest BCUT2D eigenvalue weighted by molar-refractivity contribution is 0.575. The van der Waals surface area contributed by atoms with Gasteiger partial charge in [-0.05, 0) is 41.7 Å². The SMILES string of the molecule is CCCCCCCCCCc1ccc2ccccc2c1C. The fourth-order valence-electron chi connectivity index (χ4n) is 3.19. The monoisotopic (exact) mass is 282 g/mol. The Morgan fingerprint density at radius 1 is 0.714 bits per heavy atom. The highest BCUT2D eigenvalue weighted by Crippen LogP contribution is 2.23. The lowest BCUT2D eigenvalue weighted by Gasteiger charge is -2.09. The number of unbranched alkanes of at least 4 members (excludes halogenated alkanes) is 7. The maximum atomic E-state index is 2.33. The molecule has 0 spiro atoms. The second-order valence-electron chi connectivity index (χ2n) is 6.30. The van der Waals surface area contributed by atoms with Crippen LogP contribution in [0.4, 0.5) is 0 Å². The second-order valence-corrected chi connectivity index (χ2v) is 6.30. The summed E-state index contributed by atoms with van der Waals surface area (Å²) in [5.74, 6) is 0. The molecule has 0 aliphatic carbocycles. The van der Waals surface area contributed by atoms with E-state index in [1.54, 1.807) is 5.56 Å². The van der Waals surface area contributed by atoms with Crippen LogP contribution in [-0.4, -0.2) is 0 Å². The second kappa shape index (κ2) is 8.87. The maximum Gasteiger partial charge on any atom is -0.0152 e. The van der Waals surface area contributed by atoms with Crippen molar-refractivity contribution in [3.8, 4) is 0 Å². The van der Waals surface area contributed by atoms with Crippen LogP contribution in [0, 0.1) is 6.92 Å². The Kier molecular flexibility index (Phi) is 6.79. The van der Waals surface area contributed by atoms with Crippen molar-refractivity contribution in [1.82, 2.24) is 0 Å². The lowest BCUT2D eigenvalue weighted by Crippen LogP contribution is -1.91. The van der Waals surface area contributed by atoms with Crippen molar-refractivity contribution >= 4 is 10.8 Å². The van der Waals surface area contributed by atoms with E-state index in [-0.39, 0.29) is 0 Å². The van der Waals surface area contributed by atoms with Crippen molar-refractivity contribution in [1.29, 1.82) is 0 Å². The van der Waals surface area contributed by atoms with Crippen LogP contribution in [0.1, 0.15) is 69.4 Å². The molecule has 2 rings (SSSR count). The molecule has 0 aliphatic rings. The highest BCUT2D eigenvalue weighted by Gasteiger charge is 2.03. The molecule has 0 radical (unpaired) electrons. The van der Waals surface area contributed by atoms with Crippen LogP contribution in [-0.2, 0) is 6.42 Å². The van der Waals surface area contributed by atoms with Gasteiger partial charge in [-0.25, -0.2) is 0 Å². The molecule has 0 aliphatic heterocycles. The van der Waals surface area contributed by atoms with Gasteiger partial charge in [0.25, 0.3) is 0 Å². The van der Waals surface area contributed by atoms with Crippen LogP contribution in [0.15, 0.2) is 36.4 Å². The van der Waals surface area contributed by atoms with E-state index in [1.165, 1.54) is 74.1 Å². The molecule has 2 aromatic rings. The minimum atomic E-state index is 1.24. The predicted octanol–water partition coefficient (Wildman–Crippen LogP) is 6.83. The Hall–Kier alpha value is -1.30. The zero-order valence-corrected chi connectivity index (χ0v) is 13.8. The Morgan fingerprint density at radius 2 is 1.38 bits per heavy atom. The first-order chi connectivity index (χ1) is 10.3. The van der Waals surface area contributed by atoms with E-state index in [2.05, 4.69) is 50.2 Å². The van der Waals surface area contributed by atoms with Gasteiger partial charge in [0.05, 0.1) is 0 Å². The van der Waals surface area contributed by atoms with Crippen molar-refractivity contribution < 1.29 is 0 Å². The minimum Gasteiger partial charge on any atom is -0.0654 e. The van der Waals surface area contributed by atoms with Gasteiger partial charge in [-0.3, -0.25) is 0 Å². The van der Waals surface area contributed by atoms with Crippen LogP contribution in [0.25, 0.3) is 10.8 Å². The smallest absolute Gasteiger partial charge is 0.0152 e. The van der Waals surface area contributed by atoms with Crippen LogP contribution >= 0.6 is 0 Å². The molecular formula is C21H30. The summed E-state index contributed by atoms with van der Waals surface area (Å²) in [7, 11) is 0. The van der Waals surface area contributed by atoms with Gasteiger partial charge in [0.15, 0.2) is 0 Å². The molecule has 0 aromatic heterocycles. The lowest BCUT2D eigenvalue weighted by atomic mass is 9.96. The number of benzene rings is 2. The molecule has 0 unspecified atom stereocenters. The molecule has 0 amide bonds. The number of hydrogen-bond acceptors (Lipinski definition) is 0. The molecule has 114 valence electrons. The van der Waals surface area contributed by atoms with Gasteiger partial charge in [0.1, 0.15) is 0 Å². The van der Waals surface area contributed by atoms with Crippen LogP contribution < -0.4 is 0 Å². The first-order valence-corrected chi connectivity index (χ1v) is 8.80. The highest BCUT2D eigenvalue weighted by atomic mass is 14.1. The molecule has 0 N–H and O–H groups in total. The van der Waals surface area contributed by atoms with Crippen LogP contribution in [0.5, 0.6) is 0 Å². The van der Waals surface area contributed by atoms with E-state index in [0.717, 1.165) is 0 Å². The molecule has 0 heteroatoms. The summed E-state index contributed by atoms with van der Waals surface area (Å²) in [6.45, 7) is 4.56. The Balaban J connectivity index is 1.75. The third-order valence-corrected chi connectivity index (χ3v) is 4.61. The topological polar surface area (TPSA) is 0 Å². The number of rotatable bonds is 9. The minimum absolute atomic E-state index is 1.24. The summed E-state index contributed by atoms with van der Waals surface area (Å²) in [4.78, 5) is 0. The average molecular weight is 282 g/mol. The first kappa shape index (κ1) is 16.1. The maximum absolute atomic E-state index is 2.33. The fraction of sp³-hybridized carbons (Fsp3) is 0.524. The third-order valence-electron chi connectivity index (χ3n) is 4.61. The largest absolute Gasteiger partial charge is 0.0654 e. The Morgan fingerprint density at radius 3 is 2.14 bits per heavy atom. The van der Waals surface area contributed by atoms with Gasteiger partial charge < -0.3 is 0 Å². The van der Waals surface area contributed by atoms with E-state index >= 15 is 0 Å². The fourth-order valence-corrected chi connectivity index (χ4v) is 3.19. The highest BCUT2D eigenvalue weighted by molar-refractivity contribution is 5.86. The summed E-state index contributed by atoms with van der Waals surface area (Å²) < 4.78 is 0. The Labute approximate surface area is 130 Å². The van der Waals surface area contributed by atoms with E-state index in [4.69, 9.17) is 0 Å². The van der Waals surface area contributed by atoms with Crippen LogP contribution in [0.3, 0.4) is 0 Å². The van der Waals surface area contributed by atoms with Gasteiger partial charge in [0.2, 0.25) is 0 Å². The summed E-state index contributed by atoms with van der Waals surface area (Å²) in [6.07, 6.45) is 12.4. The van der Waals surface area contributed by atoms with Gasteiger partial charge >= 0.3 is 0 Å². The number of fused-ring (bicyclic) bond motifs is 1. The zero-order chi connectivity index (χ0) is 14.9. The van der Waals surface area contributed by atoms with Gasteiger partial charge in [-0.15, -0.1) is 0 Å². The summed E-state index contributed by atoms with van der Waals surface area (Å²) in [6, 6.07) is 13.3. The molecule has 21 heavy (non-hydrogen) atoms. The predicted molar refractivity (Wildman–Crippen MR) is 95.0 cm³/mol. The van der Waals surface area contributed by atoms with E-state index in [9.17, 15) is 0 Å². The molecule has 0 heterocycles. The van der Waals surface area contributed by atoms with Crippen molar-refractivity contribution in [2.45, 2.75) is 71.6 Å². The molecule has 0 bridgehead atoms. The molecular weight excluding hydrogens is 252 g/mol. The molecule has 0 atom stereocenters.